The molecule has 2 rings (SSSR count). The molecule has 228 valence electrons. The van der Waals surface area contributed by atoms with E-state index in [1.54, 1.807) is 0 Å². The molecule has 0 saturated carbocycles. The summed E-state index contributed by atoms with van der Waals surface area (Å²) in [4.78, 5) is 43.6. The van der Waals surface area contributed by atoms with Crippen LogP contribution in [0.25, 0.3) is 10.9 Å². The quantitative estimate of drug-likeness (QED) is 0.164. The highest BCUT2D eigenvalue weighted by Gasteiger charge is 2.18. The normalized spacial score (nSPS) is 15.6. The van der Waals surface area contributed by atoms with Gasteiger partial charge in [0.15, 0.2) is 0 Å². The van der Waals surface area contributed by atoms with Crippen LogP contribution in [-0.2, 0) is 25.6 Å². The monoisotopic (exact) mass is 573 g/mol. The van der Waals surface area contributed by atoms with E-state index < -0.39 is 60.3 Å². The smallest absolute Gasteiger partial charge is 0.323 e. The van der Waals surface area contributed by atoms with Crippen molar-refractivity contribution < 1.29 is 49.8 Å². The standard InChI is InChI=1S/C11H12N2O2.C6H13NO2.2C4H9NO3/c12-9(11(14)15)5-7-6-13-10-4-2-1-3-8(7)10;1-3-4(2)5(7)6(8)9;2*1-2(6)3(5)4(7)8/h1-4,6,9,13H,5,12H2,(H,14,15);4-5H,3,7H2,1-2H3,(H,8,9);2*2-3,6H,5H2,1H3,(H,7,8)/t9-;4-,5-;2*2-,3+/m0011/s1. The first kappa shape index (κ1) is 38.5. The van der Waals surface area contributed by atoms with Gasteiger partial charge in [0.2, 0.25) is 0 Å². The van der Waals surface area contributed by atoms with E-state index in [1.807, 2.05) is 44.3 Å². The molecule has 0 spiro atoms. The molecule has 0 saturated heterocycles. The van der Waals surface area contributed by atoms with Crippen LogP contribution >= 0.6 is 0 Å². The zero-order valence-electron chi connectivity index (χ0n) is 23.0. The van der Waals surface area contributed by atoms with E-state index in [-0.39, 0.29) is 5.92 Å². The predicted molar refractivity (Wildman–Crippen MR) is 147 cm³/mol. The minimum atomic E-state index is -1.18. The number of H-pyrrole nitrogens is 1. The van der Waals surface area contributed by atoms with Gasteiger partial charge >= 0.3 is 23.9 Å². The maximum absolute atomic E-state index is 10.6. The Morgan fingerprint density at radius 1 is 0.750 bits per heavy atom. The Balaban J connectivity index is 0. The van der Waals surface area contributed by atoms with Gasteiger partial charge in [-0.3, -0.25) is 19.2 Å². The average molecular weight is 574 g/mol. The molecule has 0 radical (unpaired) electrons. The van der Waals surface area contributed by atoms with Gasteiger partial charge in [-0.05, 0) is 31.4 Å². The Morgan fingerprint density at radius 2 is 1.18 bits per heavy atom. The summed E-state index contributed by atoms with van der Waals surface area (Å²) in [6.45, 7) is 6.42. The third kappa shape index (κ3) is 15.1. The molecule has 2 aromatic rings. The summed E-state index contributed by atoms with van der Waals surface area (Å²) in [5.41, 5.74) is 22.5. The van der Waals surface area contributed by atoms with Gasteiger partial charge < -0.3 is 58.6 Å². The number of aliphatic hydroxyl groups excluding tert-OH is 2. The first-order chi connectivity index (χ1) is 18.4. The van der Waals surface area contributed by atoms with Gasteiger partial charge in [-0.15, -0.1) is 0 Å². The fraction of sp³-hybridized carbons (Fsp3) is 0.520. The number of aromatic nitrogens is 1. The lowest BCUT2D eigenvalue weighted by Crippen LogP contribution is -2.39. The van der Waals surface area contributed by atoms with E-state index in [0.29, 0.717) is 6.42 Å². The first-order valence-electron chi connectivity index (χ1n) is 12.2. The predicted octanol–water partition coefficient (Wildman–Crippen LogP) is -0.875. The van der Waals surface area contributed by atoms with Gasteiger partial charge in [0.25, 0.3) is 0 Å². The highest BCUT2D eigenvalue weighted by atomic mass is 16.4. The van der Waals surface area contributed by atoms with Crippen molar-refractivity contribution >= 4 is 34.8 Å². The fourth-order valence-corrected chi connectivity index (χ4v) is 2.53. The molecular formula is C25H43N5O10. The van der Waals surface area contributed by atoms with E-state index in [1.165, 1.54) is 13.8 Å². The zero-order valence-corrected chi connectivity index (χ0v) is 23.0. The summed E-state index contributed by atoms with van der Waals surface area (Å²) in [5, 5.41) is 51.2. The molecule has 15 nitrogen and oxygen atoms in total. The number of para-hydroxylation sites is 1. The van der Waals surface area contributed by atoms with Gasteiger partial charge in [0.1, 0.15) is 24.2 Å². The van der Waals surface area contributed by atoms with Crippen LogP contribution in [0.2, 0.25) is 0 Å². The molecule has 0 bridgehead atoms. The number of rotatable bonds is 10. The summed E-state index contributed by atoms with van der Waals surface area (Å²) in [6.07, 6.45) is 1.01. The van der Waals surface area contributed by atoms with Crippen molar-refractivity contribution in [2.45, 2.75) is 76.9 Å². The summed E-state index contributed by atoms with van der Waals surface area (Å²) in [7, 11) is 0. The third-order valence-corrected chi connectivity index (χ3v) is 5.58. The Kier molecular flexibility index (Phi) is 18.8. The summed E-state index contributed by atoms with van der Waals surface area (Å²) < 4.78 is 0. The number of hydrogen-bond donors (Lipinski definition) is 11. The van der Waals surface area contributed by atoms with Gasteiger partial charge in [0, 0.05) is 23.5 Å². The Bertz CT molecular complexity index is 1040. The van der Waals surface area contributed by atoms with Gasteiger partial charge in [-0.2, -0.15) is 0 Å². The van der Waals surface area contributed by atoms with Crippen molar-refractivity contribution in [1.82, 2.24) is 4.98 Å². The summed E-state index contributed by atoms with van der Waals surface area (Å²) in [6, 6.07) is 3.90. The number of nitrogens with two attached hydrogens (primary N) is 4. The lowest BCUT2D eigenvalue weighted by molar-refractivity contribution is -0.141. The lowest BCUT2D eigenvalue weighted by atomic mass is 10.0. The number of aliphatic carboxylic acids is 4. The van der Waals surface area contributed by atoms with Gasteiger partial charge in [0.05, 0.1) is 12.2 Å². The molecule has 1 heterocycles. The van der Waals surface area contributed by atoms with Crippen molar-refractivity contribution in [2.24, 2.45) is 28.9 Å². The van der Waals surface area contributed by atoms with Crippen LogP contribution in [0.4, 0.5) is 0 Å². The van der Waals surface area contributed by atoms with Crippen LogP contribution in [0, 0.1) is 5.92 Å². The van der Waals surface area contributed by atoms with E-state index >= 15 is 0 Å². The Hall–Kier alpha value is -3.60. The van der Waals surface area contributed by atoms with Crippen molar-refractivity contribution in [3.63, 3.8) is 0 Å². The molecule has 0 fully saturated rings. The molecule has 0 aliphatic carbocycles. The van der Waals surface area contributed by atoms with Crippen LogP contribution in [0.1, 0.15) is 39.7 Å². The highest BCUT2D eigenvalue weighted by Crippen LogP contribution is 2.18. The SMILES string of the molecule is CC[C@H](C)[C@H](N)C(=O)O.C[C@@H](O)[C@H](N)C(=O)O.C[C@@H](O)[C@H](N)C(=O)O.N[C@@H](Cc1c[nH]c2ccccc12)C(=O)O. The number of fused-ring (bicyclic) bond motifs is 1. The second kappa shape index (κ2) is 19.5. The number of nitrogens with one attached hydrogen (secondary N) is 1. The molecule has 0 aliphatic rings. The second-order valence-corrected chi connectivity index (χ2v) is 8.97. The molecule has 0 aliphatic heterocycles. The van der Waals surface area contributed by atoms with E-state index in [4.69, 9.17) is 53.6 Å². The number of hydrogen-bond acceptors (Lipinski definition) is 10. The number of carboxylic acids is 4. The average Bonchev–Trinajstić information content (AvgIpc) is 3.30. The minimum absolute atomic E-state index is 0.0718. The van der Waals surface area contributed by atoms with Crippen LogP contribution < -0.4 is 22.9 Å². The van der Waals surface area contributed by atoms with Crippen molar-refractivity contribution in [3.05, 3.63) is 36.0 Å². The Morgan fingerprint density at radius 3 is 1.48 bits per heavy atom. The molecular weight excluding hydrogens is 530 g/mol. The maximum Gasteiger partial charge on any atom is 0.323 e. The first-order valence-corrected chi connectivity index (χ1v) is 12.2. The second-order valence-electron chi connectivity index (χ2n) is 8.97. The lowest BCUT2D eigenvalue weighted by Gasteiger charge is -2.11. The fourth-order valence-electron chi connectivity index (χ4n) is 2.53. The summed E-state index contributed by atoms with van der Waals surface area (Å²) in [5.74, 6) is -4.17. The highest BCUT2D eigenvalue weighted by molar-refractivity contribution is 5.84. The van der Waals surface area contributed by atoms with E-state index in [2.05, 4.69) is 4.98 Å². The molecule has 15 heteroatoms. The molecule has 1 aromatic heterocycles. The van der Waals surface area contributed by atoms with Gasteiger partial charge in [-0.1, -0.05) is 38.5 Å². The third-order valence-electron chi connectivity index (χ3n) is 5.58. The van der Waals surface area contributed by atoms with E-state index in [0.717, 1.165) is 22.9 Å². The van der Waals surface area contributed by atoms with E-state index in [9.17, 15) is 19.2 Å². The summed E-state index contributed by atoms with van der Waals surface area (Å²) >= 11 is 0. The number of aliphatic hydroxyl groups is 2. The van der Waals surface area contributed by atoms with Gasteiger partial charge in [-0.25, -0.2) is 0 Å². The molecule has 1 aromatic carbocycles. The minimum Gasteiger partial charge on any atom is -0.480 e. The van der Waals surface area contributed by atoms with Crippen LogP contribution in [-0.4, -0.2) is 95.9 Å². The van der Waals surface area contributed by atoms with Crippen LogP contribution in [0.15, 0.2) is 30.5 Å². The van der Waals surface area contributed by atoms with Crippen molar-refractivity contribution in [3.8, 4) is 0 Å². The number of carbonyl (C=O) groups is 4. The molecule has 7 atom stereocenters. The molecule has 15 N–H and O–H groups in total. The number of benzene rings is 1. The van der Waals surface area contributed by atoms with Crippen LogP contribution in [0.5, 0.6) is 0 Å². The van der Waals surface area contributed by atoms with Crippen molar-refractivity contribution in [2.75, 3.05) is 0 Å². The largest absolute Gasteiger partial charge is 0.480 e. The zero-order chi connectivity index (χ0) is 31.7. The molecule has 0 unspecified atom stereocenters. The maximum atomic E-state index is 10.6. The molecule has 40 heavy (non-hydrogen) atoms. The number of carboxylic acid groups (broad SMARTS) is 4. The molecule has 0 amide bonds. The Labute approximate surface area is 231 Å². The van der Waals surface area contributed by atoms with Crippen LogP contribution in [0.3, 0.4) is 0 Å². The topological polar surface area (TPSA) is 310 Å². The number of aromatic amines is 1. The van der Waals surface area contributed by atoms with Crippen molar-refractivity contribution in [1.29, 1.82) is 0 Å².